The number of methoxy groups -OCH3 is 1. The van der Waals surface area contributed by atoms with Crippen LogP contribution in [0.15, 0.2) is 18.2 Å². The fourth-order valence-corrected chi connectivity index (χ4v) is 2.75. The average molecular weight is 279 g/mol. The molecule has 4 heteroatoms. The molecule has 0 saturated heterocycles. The van der Waals surface area contributed by atoms with Crippen LogP contribution in [-0.4, -0.2) is 36.6 Å². The third kappa shape index (κ3) is 3.14. The number of aliphatic hydroxyl groups excluding tert-OH is 1. The third-order valence-corrected chi connectivity index (χ3v) is 4.26. The van der Waals surface area contributed by atoms with Gasteiger partial charge in [0, 0.05) is 13.0 Å². The smallest absolute Gasteiger partial charge is 0.119 e. The highest BCUT2D eigenvalue weighted by Gasteiger charge is 2.36. The number of hydrogen-bond donors (Lipinski definition) is 2. The minimum atomic E-state index is -0.495. The molecule has 3 N–H and O–H groups in total. The maximum atomic E-state index is 9.65. The molecular formula is C16H25NO3. The first-order valence-corrected chi connectivity index (χ1v) is 7.21. The molecule has 2 rings (SSSR count). The largest absolute Gasteiger partial charge is 0.497 e. The van der Waals surface area contributed by atoms with Gasteiger partial charge in [0.2, 0.25) is 0 Å². The van der Waals surface area contributed by atoms with E-state index in [0.717, 1.165) is 25.0 Å². The van der Waals surface area contributed by atoms with E-state index in [1.165, 1.54) is 11.1 Å². The summed E-state index contributed by atoms with van der Waals surface area (Å²) in [6, 6.07) is 6.18. The molecule has 20 heavy (non-hydrogen) atoms. The third-order valence-electron chi connectivity index (χ3n) is 4.26. The van der Waals surface area contributed by atoms with E-state index >= 15 is 0 Å². The lowest BCUT2D eigenvalue weighted by molar-refractivity contribution is -0.124. The fraction of sp³-hybridized carbons (Fsp3) is 0.625. The molecule has 1 aliphatic rings. The van der Waals surface area contributed by atoms with Gasteiger partial charge in [0.1, 0.15) is 5.75 Å². The molecule has 0 aliphatic heterocycles. The van der Waals surface area contributed by atoms with Gasteiger partial charge in [0.05, 0.1) is 24.9 Å². The highest BCUT2D eigenvalue weighted by Crippen LogP contribution is 2.34. The second-order valence-electron chi connectivity index (χ2n) is 5.76. The highest BCUT2D eigenvalue weighted by molar-refractivity contribution is 5.38. The zero-order valence-electron chi connectivity index (χ0n) is 12.6. The lowest BCUT2D eigenvalue weighted by atomic mass is 9.80. The minimum absolute atomic E-state index is 0.217. The summed E-state index contributed by atoms with van der Waals surface area (Å²) in [6.07, 6.45) is 1.89. The van der Waals surface area contributed by atoms with E-state index in [0.29, 0.717) is 6.54 Å². The summed E-state index contributed by atoms with van der Waals surface area (Å²) in [7, 11) is 1.67. The van der Waals surface area contributed by atoms with Gasteiger partial charge in [0.15, 0.2) is 0 Å². The summed E-state index contributed by atoms with van der Waals surface area (Å²) in [5, 5.41) is 9.65. The van der Waals surface area contributed by atoms with Gasteiger partial charge >= 0.3 is 0 Å². The number of aryl methyl sites for hydroxylation is 1. The van der Waals surface area contributed by atoms with Crippen LogP contribution in [0.25, 0.3) is 0 Å². The van der Waals surface area contributed by atoms with Crippen molar-refractivity contribution >= 4 is 0 Å². The summed E-state index contributed by atoms with van der Waals surface area (Å²) in [6.45, 7) is 4.10. The number of benzene rings is 1. The minimum Gasteiger partial charge on any atom is -0.497 e. The molecule has 1 aliphatic carbocycles. The first kappa shape index (κ1) is 15.3. The second kappa shape index (κ2) is 6.12. The van der Waals surface area contributed by atoms with Crippen LogP contribution < -0.4 is 10.5 Å². The maximum absolute atomic E-state index is 9.65. The molecule has 0 bridgehead atoms. The molecule has 0 radical (unpaired) electrons. The Morgan fingerprint density at radius 1 is 1.35 bits per heavy atom. The molecule has 0 saturated carbocycles. The van der Waals surface area contributed by atoms with Crippen molar-refractivity contribution in [2.24, 2.45) is 5.73 Å². The SMILES string of the molecule is COc1ccc2c(c1)CC(CN)(OC(C)C(C)O)CC2. The molecule has 112 valence electrons. The number of ether oxygens (including phenoxy) is 2. The van der Waals surface area contributed by atoms with E-state index in [9.17, 15) is 5.11 Å². The lowest BCUT2D eigenvalue weighted by Gasteiger charge is -2.40. The fourth-order valence-electron chi connectivity index (χ4n) is 2.75. The summed E-state index contributed by atoms with van der Waals surface area (Å²) >= 11 is 0. The van der Waals surface area contributed by atoms with E-state index in [1.807, 2.05) is 13.0 Å². The van der Waals surface area contributed by atoms with E-state index in [1.54, 1.807) is 14.0 Å². The van der Waals surface area contributed by atoms with Crippen LogP contribution in [0.4, 0.5) is 0 Å². The Morgan fingerprint density at radius 2 is 2.10 bits per heavy atom. The van der Waals surface area contributed by atoms with Crippen molar-refractivity contribution < 1.29 is 14.6 Å². The molecule has 0 amide bonds. The number of aliphatic hydroxyl groups is 1. The van der Waals surface area contributed by atoms with Gasteiger partial charge in [-0.3, -0.25) is 0 Å². The van der Waals surface area contributed by atoms with Gasteiger partial charge in [0.25, 0.3) is 0 Å². The standard InChI is InChI=1S/C16H25NO3/c1-11(18)12(2)20-16(10-17)7-6-13-4-5-15(19-3)8-14(13)9-16/h4-5,8,11-12,18H,6-7,9-10,17H2,1-3H3. The Balaban J connectivity index is 2.21. The van der Waals surface area contributed by atoms with Crippen LogP contribution in [-0.2, 0) is 17.6 Å². The van der Waals surface area contributed by atoms with Crippen LogP contribution in [0.2, 0.25) is 0 Å². The van der Waals surface area contributed by atoms with E-state index in [2.05, 4.69) is 12.1 Å². The van der Waals surface area contributed by atoms with Gasteiger partial charge in [-0.1, -0.05) is 6.07 Å². The first-order valence-electron chi connectivity index (χ1n) is 7.21. The Bertz CT molecular complexity index is 461. The molecule has 0 spiro atoms. The Hall–Kier alpha value is -1.10. The summed E-state index contributed by atoms with van der Waals surface area (Å²) in [5.74, 6) is 0.861. The molecular weight excluding hydrogens is 254 g/mol. The summed E-state index contributed by atoms with van der Waals surface area (Å²) in [4.78, 5) is 0. The van der Waals surface area contributed by atoms with Crippen LogP contribution in [0.3, 0.4) is 0 Å². The van der Waals surface area contributed by atoms with Crippen molar-refractivity contribution in [2.75, 3.05) is 13.7 Å². The van der Waals surface area contributed by atoms with Gasteiger partial charge in [-0.2, -0.15) is 0 Å². The topological polar surface area (TPSA) is 64.7 Å². The van der Waals surface area contributed by atoms with Gasteiger partial charge in [-0.15, -0.1) is 0 Å². The zero-order valence-corrected chi connectivity index (χ0v) is 12.6. The second-order valence-corrected chi connectivity index (χ2v) is 5.76. The number of hydrogen-bond acceptors (Lipinski definition) is 4. The van der Waals surface area contributed by atoms with Gasteiger partial charge < -0.3 is 20.3 Å². The quantitative estimate of drug-likeness (QED) is 0.860. The normalized spacial score (nSPS) is 24.9. The predicted octanol–water partition coefficient (Wildman–Crippen LogP) is 1.67. The van der Waals surface area contributed by atoms with Crippen molar-refractivity contribution in [1.29, 1.82) is 0 Å². The molecule has 3 atom stereocenters. The zero-order chi connectivity index (χ0) is 14.8. The summed E-state index contributed by atoms with van der Waals surface area (Å²) < 4.78 is 11.4. The monoisotopic (exact) mass is 279 g/mol. The first-order chi connectivity index (χ1) is 9.49. The number of nitrogens with two attached hydrogens (primary N) is 1. The molecule has 0 aromatic heterocycles. The van der Waals surface area contributed by atoms with Crippen LogP contribution in [0.1, 0.15) is 31.4 Å². The van der Waals surface area contributed by atoms with Crippen molar-refractivity contribution in [3.05, 3.63) is 29.3 Å². The Kier molecular flexibility index (Phi) is 4.68. The van der Waals surface area contributed by atoms with Crippen molar-refractivity contribution in [1.82, 2.24) is 0 Å². The maximum Gasteiger partial charge on any atom is 0.119 e. The molecule has 0 fully saturated rings. The van der Waals surface area contributed by atoms with E-state index in [-0.39, 0.29) is 11.7 Å². The van der Waals surface area contributed by atoms with E-state index < -0.39 is 6.10 Å². The van der Waals surface area contributed by atoms with Gasteiger partial charge in [-0.05, 0) is 49.9 Å². The predicted molar refractivity (Wildman–Crippen MR) is 79.0 cm³/mol. The molecule has 1 aromatic rings. The van der Waals surface area contributed by atoms with E-state index in [4.69, 9.17) is 15.2 Å². The van der Waals surface area contributed by atoms with Gasteiger partial charge in [-0.25, -0.2) is 0 Å². The van der Waals surface area contributed by atoms with Crippen LogP contribution in [0.5, 0.6) is 5.75 Å². The molecule has 3 unspecified atom stereocenters. The van der Waals surface area contributed by atoms with Crippen molar-refractivity contribution in [2.45, 2.75) is 50.9 Å². The highest BCUT2D eigenvalue weighted by atomic mass is 16.5. The lowest BCUT2D eigenvalue weighted by Crippen LogP contribution is -2.49. The Labute approximate surface area is 120 Å². The van der Waals surface area contributed by atoms with Crippen LogP contribution >= 0.6 is 0 Å². The number of fused-ring (bicyclic) bond motifs is 1. The molecule has 1 aromatic carbocycles. The molecule has 4 nitrogen and oxygen atoms in total. The molecule has 0 heterocycles. The summed E-state index contributed by atoms with van der Waals surface area (Å²) in [5.41, 5.74) is 8.17. The average Bonchev–Trinajstić information content (AvgIpc) is 2.46. The van der Waals surface area contributed by atoms with Crippen molar-refractivity contribution in [3.63, 3.8) is 0 Å². The van der Waals surface area contributed by atoms with Crippen molar-refractivity contribution in [3.8, 4) is 5.75 Å². The van der Waals surface area contributed by atoms with Crippen LogP contribution in [0, 0.1) is 0 Å². The Morgan fingerprint density at radius 3 is 2.70 bits per heavy atom. The number of rotatable bonds is 5.